The van der Waals surface area contributed by atoms with Crippen LogP contribution >= 0.6 is 0 Å². The summed E-state index contributed by atoms with van der Waals surface area (Å²) in [5.74, 6) is 0. The molecular formula is C9H17N3O. The van der Waals surface area contributed by atoms with Crippen LogP contribution in [0.2, 0.25) is 0 Å². The Morgan fingerprint density at radius 1 is 1.62 bits per heavy atom. The van der Waals surface area contributed by atoms with E-state index in [2.05, 4.69) is 17.3 Å². The maximum Gasteiger partial charge on any atom is 0.0556 e. The zero-order valence-corrected chi connectivity index (χ0v) is 8.03. The number of nitrogens with one attached hydrogen (secondary N) is 1. The van der Waals surface area contributed by atoms with E-state index < -0.39 is 0 Å². The van der Waals surface area contributed by atoms with Crippen molar-refractivity contribution in [2.45, 2.75) is 26.4 Å². The third-order valence-corrected chi connectivity index (χ3v) is 1.76. The van der Waals surface area contributed by atoms with E-state index in [1.807, 2.05) is 17.1 Å². The summed E-state index contributed by atoms with van der Waals surface area (Å²) in [4.78, 5) is 0. The van der Waals surface area contributed by atoms with Gasteiger partial charge in [-0.05, 0) is 6.42 Å². The Labute approximate surface area is 78.6 Å². The molecule has 4 heteroatoms. The van der Waals surface area contributed by atoms with E-state index >= 15 is 0 Å². The van der Waals surface area contributed by atoms with Crippen LogP contribution in [0.25, 0.3) is 0 Å². The molecule has 13 heavy (non-hydrogen) atoms. The predicted molar refractivity (Wildman–Crippen MR) is 51.3 cm³/mol. The fourth-order valence-electron chi connectivity index (χ4n) is 1.16. The Hall–Kier alpha value is -0.870. The second kappa shape index (κ2) is 5.72. The van der Waals surface area contributed by atoms with E-state index in [0.717, 1.165) is 19.5 Å². The number of hydrogen-bond acceptors (Lipinski definition) is 3. The first-order chi connectivity index (χ1) is 6.36. The van der Waals surface area contributed by atoms with Gasteiger partial charge in [-0.15, -0.1) is 0 Å². The third kappa shape index (κ3) is 3.57. The molecule has 0 amide bonds. The number of aliphatic hydroxyl groups is 1. The van der Waals surface area contributed by atoms with Crippen molar-refractivity contribution >= 4 is 0 Å². The second-order valence-electron chi connectivity index (χ2n) is 3.01. The SMILES string of the molecule is CCCn1cc(CNCCO)cn1. The highest BCUT2D eigenvalue weighted by atomic mass is 16.3. The average molecular weight is 183 g/mol. The summed E-state index contributed by atoms with van der Waals surface area (Å²) < 4.78 is 1.94. The molecule has 2 N–H and O–H groups in total. The van der Waals surface area contributed by atoms with Gasteiger partial charge in [-0.1, -0.05) is 6.92 Å². The lowest BCUT2D eigenvalue weighted by molar-refractivity contribution is 0.292. The maximum absolute atomic E-state index is 8.55. The minimum atomic E-state index is 0.184. The van der Waals surface area contributed by atoms with E-state index in [9.17, 15) is 0 Å². The van der Waals surface area contributed by atoms with Gasteiger partial charge in [0.1, 0.15) is 0 Å². The lowest BCUT2D eigenvalue weighted by atomic mass is 10.3. The quantitative estimate of drug-likeness (QED) is 0.627. The fraction of sp³-hybridized carbons (Fsp3) is 0.667. The van der Waals surface area contributed by atoms with Gasteiger partial charge in [0.25, 0.3) is 0 Å². The topological polar surface area (TPSA) is 50.1 Å². The summed E-state index contributed by atoms with van der Waals surface area (Å²) in [5.41, 5.74) is 1.17. The second-order valence-corrected chi connectivity index (χ2v) is 3.01. The lowest BCUT2D eigenvalue weighted by Crippen LogP contribution is -2.17. The number of rotatable bonds is 6. The summed E-state index contributed by atoms with van der Waals surface area (Å²) in [7, 11) is 0. The van der Waals surface area contributed by atoms with Crippen molar-refractivity contribution in [3.8, 4) is 0 Å². The first-order valence-electron chi connectivity index (χ1n) is 4.69. The molecule has 1 rings (SSSR count). The van der Waals surface area contributed by atoms with Crippen molar-refractivity contribution in [2.24, 2.45) is 0 Å². The van der Waals surface area contributed by atoms with Crippen LogP contribution in [0.5, 0.6) is 0 Å². The van der Waals surface area contributed by atoms with Crippen LogP contribution in [-0.4, -0.2) is 28.0 Å². The van der Waals surface area contributed by atoms with E-state index in [0.29, 0.717) is 6.54 Å². The van der Waals surface area contributed by atoms with Crippen molar-refractivity contribution in [1.82, 2.24) is 15.1 Å². The molecule has 0 unspecified atom stereocenters. The number of hydrogen-bond donors (Lipinski definition) is 2. The van der Waals surface area contributed by atoms with Crippen molar-refractivity contribution in [3.63, 3.8) is 0 Å². The highest BCUT2D eigenvalue weighted by Crippen LogP contribution is 1.97. The van der Waals surface area contributed by atoms with Gasteiger partial charge in [0.2, 0.25) is 0 Å². The smallest absolute Gasteiger partial charge is 0.0556 e. The molecule has 74 valence electrons. The highest BCUT2D eigenvalue weighted by molar-refractivity contribution is 5.03. The fourth-order valence-corrected chi connectivity index (χ4v) is 1.16. The first-order valence-corrected chi connectivity index (χ1v) is 4.69. The van der Waals surface area contributed by atoms with E-state index in [-0.39, 0.29) is 6.61 Å². The van der Waals surface area contributed by atoms with Crippen LogP contribution in [0.1, 0.15) is 18.9 Å². The van der Waals surface area contributed by atoms with Gasteiger partial charge in [0, 0.05) is 31.4 Å². The first kappa shape index (κ1) is 10.2. The Bertz CT molecular complexity index is 235. The molecule has 0 radical (unpaired) electrons. The molecule has 0 bridgehead atoms. The maximum atomic E-state index is 8.55. The van der Waals surface area contributed by atoms with Gasteiger partial charge >= 0.3 is 0 Å². The molecule has 0 saturated heterocycles. The standard InChI is InChI=1S/C9H17N3O/c1-2-4-12-8-9(7-11-12)6-10-3-5-13/h7-8,10,13H,2-6H2,1H3. The Balaban J connectivity index is 2.31. The molecule has 0 aliphatic heterocycles. The van der Waals surface area contributed by atoms with Gasteiger partial charge in [0.05, 0.1) is 12.8 Å². The zero-order chi connectivity index (χ0) is 9.52. The van der Waals surface area contributed by atoms with E-state index in [4.69, 9.17) is 5.11 Å². The summed E-state index contributed by atoms with van der Waals surface area (Å²) in [6.07, 6.45) is 5.00. The van der Waals surface area contributed by atoms with Crippen molar-refractivity contribution < 1.29 is 5.11 Å². The minimum absolute atomic E-state index is 0.184. The average Bonchev–Trinajstić information content (AvgIpc) is 2.54. The van der Waals surface area contributed by atoms with Crippen LogP contribution in [0.15, 0.2) is 12.4 Å². The van der Waals surface area contributed by atoms with Crippen molar-refractivity contribution in [2.75, 3.05) is 13.2 Å². The van der Waals surface area contributed by atoms with E-state index in [1.54, 1.807) is 0 Å². The molecule has 0 aromatic carbocycles. The highest BCUT2D eigenvalue weighted by Gasteiger charge is 1.96. The zero-order valence-electron chi connectivity index (χ0n) is 8.03. The summed E-state index contributed by atoms with van der Waals surface area (Å²) in [6, 6.07) is 0. The van der Waals surface area contributed by atoms with Gasteiger partial charge in [-0.2, -0.15) is 5.10 Å². The lowest BCUT2D eigenvalue weighted by Gasteiger charge is -1.98. The third-order valence-electron chi connectivity index (χ3n) is 1.76. The molecular weight excluding hydrogens is 166 g/mol. The molecule has 0 atom stereocenters. The van der Waals surface area contributed by atoms with Crippen LogP contribution in [-0.2, 0) is 13.1 Å². The van der Waals surface area contributed by atoms with Gasteiger partial charge in [-0.3, -0.25) is 4.68 Å². The van der Waals surface area contributed by atoms with Gasteiger partial charge in [-0.25, -0.2) is 0 Å². The van der Waals surface area contributed by atoms with Gasteiger partial charge in [0.15, 0.2) is 0 Å². The number of aryl methyl sites for hydroxylation is 1. The normalized spacial score (nSPS) is 10.6. The minimum Gasteiger partial charge on any atom is -0.395 e. The molecule has 1 aromatic heterocycles. The molecule has 4 nitrogen and oxygen atoms in total. The Kier molecular flexibility index (Phi) is 4.49. The number of nitrogens with zero attached hydrogens (tertiary/aromatic N) is 2. The molecule has 0 aliphatic carbocycles. The van der Waals surface area contributed by atoms with Crippen molar-refractivity contribution in [1.29, 1.82) is 0 Å². The van der Waals surface area contributed by atoms with Crippen LogP contribution in [0.3, 0.4) is 0 Å². The molecule has 0 saturated carbocycles. The summed E-state index contributed by atoms with van der Waals surface area (Å²) >= 11 is 0. The number of aromatic nitrogens is 2. The summed E-state index contributed by atoms with van der Waals surface area (Å²) in [6.45, 7) is 4.71. The molecule has 0 spiro atoms. The molecule has 0 fully saturated rings. The van der Waals surface area contributed by atoms with Crippen LogP contribution < -0.4 is 5.32 Å². The monoisotopic (exact) mass is 183 g/mol. The molecule has 1 heterocycles. The van der Waals surface area contributed by atoms with E-state index in [1.165, 1.54) is 5.56 Å². The largest absolute Gasteiger partial charge is 0.395 e. The molecule has 1 aromatic rings. The Morgan fingerprint density at radius 3 is 3.15 bits per heavy atom. The summed E-state index contributed by atoms with van der Waals surface area (Å²) in [5, 5.41) is 15.9. The van der Waals surface area contributed by atoms with Gasteiger partial charge < -0.3 is 10.4 Å². The Morgan fingerprint density at radius 2 is 2.46 bits per heavy atom. The van der Waals surface area contributed by atoms with Crippen LogP contribution in [0.4, 0.5) is 0 Å². The predicted octanol–water partition coefficient (Wildman–Crippen LogP) is 0.375. The van der Waals surface area contributed by atoms with Crippen LogP contribution in [0, 0.1) is 0 Å². The molecule has 0 aliphatic rings. The number of aliphatic hydroxyl groups excluding tert-OH is 1. The van der Waals surface area contributed by atoms with Crippen molar-refractivity contribution in [3.05, 3.63) is 18.0 Å².